The molecule has 1 aliphatic rings. The highest BCUT2D eigenvalue weighted by Gasteiger charge is 2.28. The van der Waals surface area contributed by atoms with Crippen molar-refractivity contribution in [2.75, 3.05) is 11.9 Å². The Hall–Kier alpha value is -3.04. The van der Waals surface area contributed by atoms with Crippen LogP contribution in [0, 0.1) is 13.8 Å². The molecule has 0 bridgehead atoms. The van der Waals surface area contributed by atoms with E-state index in [1.165, 1.54) is 11.3 Å². The van der Waals surface area contributed by atoms with E-state index >= 15 is 0 Å². The summed E-state index contributed by atoms with van der Waals surface area (Å²) in [6.07, 6.45) is 2.58. The van der Waals surface area contributed by atoms with Crippen molar-refractivity contribution in [3.8, 4) is 11.5 Å². The number of imidazole rings is 1. The number of carbonyl (C=O) groups is 1. The maximum absolute atomic E-state index is 13.1. The zero-order chi connectivity index (χ0) is 19.3. The number of thiophene rings is 1. The topological polar surface area (TPSA) is 94.6 Å². The van der Waals surface area contributed by atoms with Gasteiger partial charge >= 0.3 is 0 Å². The molecule has 0 aliphatic carbocycles. The average Bonchev–Trinajstić information content (AvgIpc) is 3.35. The minimum absolute atomic E-state index is 0.229. The van der Waals surface area contributed by atoms with Crippen LogP contribution in [0.15, 0.2) is 28.9 Å². The minimum atomic E-state index is -0.229. The highest BCUT2D eigenvalue weighted by atomic mass is 32.1. The normalized spacial score (nSPS) is 13.6. The van der Waals surface area contributed by atoms with Gasteiger partial charge in [0, 0.05) is 11.1 Å². The lowest BCUT2D eigenvalue weighted by Crippen LogP contribution is -2.15. The Morgan fingerprint density at radius 3 is 3.00 bits per heavy atom. The first-order valence-electron chi connectivity index (χ1n) is 8.90. The van der Waals surface area contributed by atoms with Crippen LogP contribution in [0.2, 0.25) is 0 Å². The van der Waals surface area contributed by atoms with Crippen molar-refractivity contribution in [1.29, 1.82) is 0 Å². The van der Waals surface area contributed by atoms with Crippen molar-refractivity contribution in [2.24, 2.45) is 0 Å². The molecule has 0 radical (unpaired) electrons. The highest BCUT2D eigenvalue weighted by molar-refractivity contribution is 7.17. The molecule has 0 atom stereocenters. The molecular formula is C19H17N5O3S. The average molecular weight is 395 g/mol. The van der Waals surface area contributed by atoms with Gasteiger partial charge in [-0.1, -0.05) is 11.2 Å². The smallest absolute Gasteiger partial charge is 0.275 e. The van der Waals surface area contributed by atoms with Crippen molar-refractivity contribution in [3.63, 3.8) is 0 Å². The monoisotopic (exact) mass is 395 g/mol. The standard InChI is InChI=1S/C19H17N5O3S/c1-10-16(24-7-4-3-5-14(24)20-10)17(25)22-19-15(18-21-11(2)23-27-18)12-6-8-26-9-13(12)28-19/h3-5,7H,6,8-9H2,1-2H3,(H,22,25). The number of nitrogens with zero attached hydrogens (tertiary/aromatic N) is 4. The Morgan fingerprint density at radius 1 is 1.29 bits per heavy atom. The van der Waals surface area contributed by atoms with E-state index in [1.807, 2.05) is 31.3 Å². The maximum atomic E-state index is 13.1. The molecular weight excluding hydrogens is 378 g/mol. The lowest BCUT2D eigenvalue weighted by atomic mass is 10.1. The maximum Gasteiger partial charge on any atom is 0.275 e. The minimum Gasteiger partial charge on any atom is -0.376 e. The molecule has 0 unspecified atom stereocenters. The predicted octanol–water partition coefficient (Wildman–Crippen LogP) is 3.39. The first-order valence-corrected chi connectivity index (χ1v) is 9.71. The summed E-state index contributed by atoms with van der Waals surface area (Å²) in [5.41, 5.74) is 3.81. The number of rotatable bonds is 3. The van der Waals surface area contributed by atoms with Gasteiger partial charge in [0.2, 0.25) is 0 Å². The summed E-state index contributed by atoms with van der Waals surface area (Å²) in [4.78, 5) is 23.1. The van der Waals surface area contributed by atoms with Gasteiger partial charge < -0.3 is 14.6 Å². The van der Waals surface area contributed by atoms with Gasteiger partial charge in [-0.25, -0.2) is 4.98 Å². The largest absolute Gasteiger partial charge is 0.376 e. The third-order valence-corrected chi connectivity index (χ3v) is 5.83. The zero-order valence-electron chi connectivity index (χ0n) is 15.4. The van der Waals surface area contributed by atoms with Crippen molar-refractivity contribution in [1.82, 2.24) is 19.5 Å². The molecule has 0 aromatic carbocycles. The van der Waals surface area contributed by atoms with Crippen LogP contribution in [0.4, 0.5) is 5.00 Å². The number of hydrogen-bond acceptors (Lipinski definition) is 7. The summed E-state index contributed by atoms with van der Waals surface area (Å²) < 4.78 is 12.8. The van der Waals surface area contributed by atoms with Crippen LogP contribution in [0.25, 0.3) is 17.1 Å². The first kappa shape index (κ1) is 17.1. The van der Waals surface area contributed by atoms with Crippen LogP contribution in [0.3, 0.4) is 0 Å². The third kappa shape index (κ3) is 2.71. The summed E-state index contributed by atoms with van der Waals surface area (Å²) in [6, 6.07) is 5.64. The molecule has 0 spiro atoms. The summed E-state index contributed by atoms with van der Waals surface area (Å²) in [5.74, 6) is 0.743. The Kier molecular flexibility index (Phi) is 3.99. The summed E-state index contributed by atoms with van der Waals surface area (Å²) in [5, 5.41) is 7.64. The van der Waals surface area contributed by atoms with E-state index in [2.05, 4.69) is 20.4 Å². The second kappa shape index (κ2) is 6.54. The quantitative estimate of drug-likeness (QED) is 0.571. The van der Waals surface area contributed by atoms with Crippen LogP contribution in [0.5, 0.6) is 0 Å². The predicted molar refractivity (Wildman–Crippen MR) is 104 cm³/mol. The Bertz CT molecular complexity index is 1210. The van der Waals surface area contributed by atoms with Crippen molar-refractivity contribution < 1.29 is 14.1 Å². The van der Waals surface area contributed by atoms with E-state index in [0.717, 1.165) is 28.1 Å². The molecule has 5 rings (SSSR count). The van der Waals surface area contributed by atoms with E-state index in [0.29, 0.717) is 41.3 Å². The van der Waals surface area contributed by atoms with Gasteiger partial charge in [0.25, 0.3) is 11.8 Å². The molecule has 0 saturated carbocycles. The molecule has 0 saturated heterocycles. The summed E-state index contributed by atoms with van der Waals surface area (Å²) in [6.45, 7) is 4.75. The number of nitrogens with one attached hydrogen (secondary N) is 1. The van der Waals surface area contributed by atoms with Gasteiger partial charge in [-0.3, -0.25) is 9.20 Å². The third-order valence-electron chi connectivity index (χ3n) is 4.71. The molecule has 4 aromatic heterocycles. The number of fused-ring (bicyclic) bond motifs is 2. The van der Waals surface area contributed by atoms with E-state index in [-0.39, 0.29) is 5.91 Å². The van der Waals surface area contributed by atoms with Crippen LogP contribution in [0.1, 0.15) is 32.4 Å². The van der Waals surface area contributed by atoms with Gasteiger partial charge in [-0.15, -0.1) is 11.3 Å². The zero-order valence-corrected chi connectivity index (χ0v) is 16.2. The summed E-state index contributed by atoms with van der Waals surface area (Å²) >= 11 is 1.49. The van der Waals surface area contributed by atoms with E-state index in [4.69, 9.17) is 9.26 Å². The van der Waals surface area contributed by atoms with Crippen LogP contribution in [-0.2, 0) is 17.8 Å². The second-order valence-corrected chi connectivity index (χ2v) is 7.69. The van der Waals surface area contributed by atoms with E-state index in [1.54, 1.807) is 11.3 Å². The highest BCUT2D eigenvalue weighted by Crippen LogP contribution is 2.42. The number of aromatic nitrogens is 4. The van der Waals surface area contributed by atoms with Crippen LogP contribution >= 0.6 is 11.3 Å². The Labute approximate surface area is 164 Å². The number of carbonyl (C=O) groups excluding carboxylic acids is 1. The van der Waals surface area contributed by atoms with Crippen molar-refractivity contribution in [3.05, 3.63) is 52.0 Å². The number of pyridine rings is 1. The van der Waals surface area contributed by atoms with Gasteiger partial charge in [0.05, 0.1) is 24.5 Å². The number of anilines is 1. The Balaban J connectivity index is 1.59. The molecule has 1 N–H and O–H groups in total. The molecule has 28 heavy (non-hydrogen) atoms. The number of aryl methyl sites for hydroxylation is 2. The molecule has 1 aliphatic heterocycles. The summed E-state index contributed by atoms with van der Waals surface area (Å²) in [7, 11) is 0. The number of hydrogen-bond donors (Lipinski definition) is 1. The van der Waals surface area contributed by atoms with Crippen LogP contribution < -0.4 is 5.32 Å². The van der Waals surface area contributed by atoms with E-state index in [9.17, 15) is 4.79 Å². The molecule has 5 heterocycles. The van der Waals surface area contributed by atoms with Crippen LogP contribution in [-0.4, -0.2) is 32.0 Å². The first-order chi connectivity index (χ1) is 13.6. The SMILES string of the molecule is Cc1noc(-c2c(NC(=O)c3c(C)nc4ccccn34)sc3c2CCOC3)n1. The fourth-order valence-corrected chi connectivity index (χ4v) is 4.67. The number of ether oxygens (including phenoxy) is 1. The lowest BCUT2D eigenvalue weighted by Gasteiger charge is -2.12. The fraction of sp³-hybridized carbons (Fsp3) is 0.263. The molecule has 1 amide bonds. The van der Waals surface area contributed by atoms with Gasteiger partial charge in [-0.05, 0) is 38.0 Å². The van der Waals surface area contributed by atoms with Crippen molar-refractivity contribution in [2.45, 2.75) is 26.9 Å². The molecule has 9 heteroatoms. The number of amides is 1. The van der Waals surface area contributed by atoms with Gasteiger partial charge in [0.1, 0.15) is 16.3 Å². The van der Waals surface area contributed by atoms with Gasteiger partial charge in [0.15, 0.2) is 5.82 Å². The van der Waals surface area contributed by atoms with Crippen molar-refractivity contribution >= 4 is 27.9 Å². The lowest BCUT2D eigenvalue weighted by molar-refractivity contribution is 0.102. The molecule has 142 valence electrons. The Morgan fingerprint density at radius 2 is 2.18 bits per heavy atom. The second-order valence-electron chi connectivity index (χ2n) is 6.59. The van der Waals surface area contributed by atoms with Gasteiger partial charge in [-0.2, -0.15) is 4.98 Å². The molecule has 8 nitrogen and oxygen atoms in total. The molecule has 4 aromatic rings. The van der Waals surface area contributed by atoms with E-state index < -0.39 is 0 Å². The molecule has 0 fully saturated rings. The fourth-order valence-electron chi connectivity index (χ4n) is 3.49.